The molecule has 1 atom stereocenters. The third-order valence-corrected chi connectivity index (χ3v) is 6.77. The van der Waals surface area contributed by atoms with Gasteiger partial charge in [0.1, 0.15) is 5.69 Å². The quantitative estimate of drug-likeness (QED) is 0.445. The Bertz CT molecular complexity index is 1090. The standard InChI is InChI=1S/C27H33ClN6O/c1-20-26(28)23(33-27(31-20)24-10-5-6-14-30-24)13-12-22(21-8-3-2-4-9-21)32-25(35)11-7-17-34-18-15-29-16-19-34/h2-6,8-10,14,22,29H,7,11-13,15-19H2,1H3,(H,32,35)/t22-/m0/s1. The van der Waals surface area contributed by atoms with E-state index >= 15 is 0 Å². The van der Waals surface area contributed by atoms with Crippen LogP contribution in [0, 0.1) is 6.92 Å². The lowest BCUT2D eigenvalue weighted by atomic mass is 10.00. The Morgan fingerprint density at radius 1 is 1.11 bits per heavy atom. The van der Waals surface area contributed by atoms with Crippen LogP contribution in [-0.2, 0) is 11.2 Å². The van der Waals surface area contributed by atoms with E-state index in [1.54, 1.807) is 6.20 Å². The second-order valence-electron chi connectivity index (χ2n) is 8.87. The van der Waals surface area contributed by atoms with Crippen molar-refractivity contribution in [3.8, 4) is 11.5 Å². The van der Waals surface area contributed by atoms with Crippen molar-refractivity contribution >= 4 is 17.5 Å². The van der Waals surface area contributed by atoms with Crippen molar-refractivity contribution in [2.45, 2.75) is 38.6 Å². The van der Waals surface area contributed by atoms with Gasteiger partial charge in [0.25, 0.3) is 0 Å². The molecule has 0 bridgehead atoms. The van der Waals surface area contributed by atoms with Crippen LogP contribution in [0.1, 0.15) is 42.3 Å². The molecule has 35 heavy (non-hydrogen) atoms. The molecule has 1 aliphatic rings. The lowest BCUT2D eigenvalue weighted by molar-refractivity contribution is -0.122. The first-order valence-electron chi connectivity index (χ1n) is 12.3. The van der Waals surface area contributed by atoms with Crippen LogP contribution in [0.15, 0.2) is 54.7 Å². The van der Waals surface area contributed by atoms with Gasteiger partial charge in [-0.2, -0.15) is 0 Å². The van der Waals surface area contributed by atoms with Crippen molar-refractivity contribution < 1.29 is 4.79 Å². The number of aryl methyl sites for hydroxylation is 2. The minimum absolute atomic E-state index is 0.0770. The maximum Gasteiger partial charge on any atom is 0.220 e. The second-order valence-corrected chi connectivity index (χ2v) is 9.25. The van der Waals surface area contributed by atoms with Gasteiger partial charge in [0.15, 0.2) is 5.82 Å². The SMILES string of the molecule is Cc1nc(-c2ccccn2)nc(CC[C@H](NC(=O)CCCN2CCNCC2)c2ccccc2)c1Cl. The maximum atomic E-state index is 12.8. The molecular formula is C27H33ClN6O. The summed E-state index contributed by atoms with van der Waals surface area (Å²) in [5, 5.41) is 7.18. The van der Waals surface area contributed by atoms with Crippen LogP contribution in [0.3, 0.4) is 0 Å². The minimum Gasteiger partial charge on any atom is -0.349 e. The zero-order valence-corrected chi connectivity index (χ0v) is 21.0. The van der Waals surface area contributed by atoms with E-state index in [-0.39, 0.29) is 11.9 Å². The van der Waals surface area contributed by atoms with E-state index in [0.717, 1.165) is 56.1 Å². The highest BCUT2D eigenvalue weighted by Gasteiger charge is 2.18. The fourth-order valence-electron chi connectivity index (χ4n) is 4.35. The van der Waals surface area contributed by atoms with Gasteiger partial charge in [-0.1, -0.05) is 48.0 Å². The van der Waals surface area contributed by atoms with Crippen LogP contribution in [0.25, 0.3) is 11.5 Å². The average Bonchev–Trinajstić information content (AvgIpc) is 2.90. The van der Waals surface area contributed by atoms with Crippen molar-refractivity contribution in [3.05, 3.63) is 76.7 Å². The van der Waals surface area contributed by atoms with Crippen LogP contribution in [-0.4, -0.2) is 58.5 Å². The summed E-state index contributed by atoms with van der Waals surface area (Å²) >= 11 is 6.59. The number of pyridine rings is 1. The summed E-state index contributed by atoms with van der Waals surface area (Å²) in [6.45, 7) is 6.98. The molecule has 3 heterocycles. The minimum atomic E-state index is -0.118. The maximum absolute atomic E-state index is 12.8. The molecule has 0 radical (unpaired) electrons. The number of amides is 1. The highest BCUT2D eigenvalue weighted by atomic mass is 35.5. The molecule has 0 aliphatic carbocycles. The fraction of sp³-hybridized carbons (Fsp3) is 0.407. The van der Waals surface area contributed by atoms with Crippen molar-refractivity contribution in [3.63, 3.8) is 0 Å². The predicted molar refractivity (Wildman–Crippen MR) is 139 cm³/mol. The molecule has 7 nitrogen and oxygen atoms in total. The first-order valence-corrected chi connectivity index (χ1v) is 12.7. The largest absolute Gasteiger partial charge is 0.349 e. The number of carbonyl (C=O) groups is 1. The zero-order chi connectivity index (χ0) is 24.5. The number of nitrogens with zero attached hydrogens (tertiary/aromatic N) is 4. The number of rotatable bonds is 10. The molecule has 0 spiro atoms. The van der Waals surface area contributed by atoms with E-state index < -0.39 is 0 Å². The Hall–Kier alpha value is -2.87. The van der Waals surface area contributed by atoms with E-state index in [9.17, 15) is 4.79 Å². The summed E-state index contributed by atoms with van der Waals surface area (Å²) in [6.07, 6.45) is 4.40. The average molecular weight is 493 g/mol. The molecule has 1 aliphatic heterocycles. The van der Waals surface area contributed by atoms with E-state index in [0.29, 0.717) is 35.8 Å². The number of benzene rings is 1. The summed E-state index contributed by atoms with van der Waals surface area (Å²) in [6, 6.07) is 15.6. The fourth-order valence-corrected chi connectivity index (χ4v) is 4.53. The van der Waals surface area contributed by atoms with Gasteiger partial charge < -0.3 is 15.5 Å². The number of piperazine rings is 1. The van der Waals surface area contributed by atoms with E-state index in [2.05, 4.69) is 37.6 Å². The second kappa shape index (κ2) is 12.7. The first kappa shape index (κ1) is 25.2. The molecule has 184 valence electrons. The smallest absolute Gasteiger partial charge is 0.220 e. The van der Waals surface area contributed by atoms with Gasteiger partial charge in [-0.25, -0.2) is 9.97 Å². The number of halogens is 1. The van der Waals surface area contributed by atoms with Crippen LogP contribution in [0.5, 0.6) is 0 Å². The van der Waals surface area contributed by atoms with E-state index in [1.807, 2.05) is 43.3 Å². The number of carbonyl (C=O) groups excluding carboxylic acids is 1. The normalized spacial score (nSPS) is 15.0. The molecule has 3 aromatic rings. The van der Waals surface area contributed by atoms with Gasteiger partial charge >= 0.3 is 0 Å². The topological polar surface area (TPSA) is 83.0 Å². The molecule has 0 unspecified atom stereocenters. The summed E-state index contributed by atoms with van der Waals surface area (Å²) in [5.74, 6) is 0.642. The molecule has 1 saturated heterocycles. The van der Waals surface area contributed by atoms with Crippen LogP contribution >= 0.6 is 11.6 Å². The van der Waals surface area contributed by atoms with Crippen LogP contribution in [0.2, 0.25) is 5.02 Å². The van der Waals surface area contributed by atoms with Gasteiger partial charge in [-0.05, 0) is 50.4 Å². The summed E-state index contributed by atoms with van der Waals surface area (Å²) in [4.78, 5) is 28.9. The Labute approximate surface area is 212 Å². The van der Waals surface area contributed by atoms with E-state index in [4.69, 9.17) is 16.6 Å². The van der Waals surface area contributed by atoms with Crippen molar-refractivity contribution in [2.75, 3.05) is 32.7 Å². The molecule has 0 saturated carbocycles. The molecule has 2 aromatic heterocycles. The molecule has 1 fully saturated rings. The van der Waals surface area contributed by atoms with Crippen molar-refractivity contribution in [2.24, 2.45) is 0 Å². The molecule has 8 heteroatoms. The molecular weight excluding hydrogens is 460 g/mol. The summed E-state index contributed by atoms with van der Waals surface area (Å²) in [5.41, 5.74) is 3.29. The highest BCUT2D eigenvalue weighted by Crippen LogP contribution is 2.26. The van der Waals surface area contributed by atoms with Crippen molar-refractivity contribution in [1.29, 1.82) is 0 Å². The van der Waals surface area contributed by atoms with Gasteiger partial charge in [0.05, 0.1) is 22.5 Å². The van der Waals surface area contributed by atoms with Crippen LogP contribution < -0.4 is 10.6 Å². The number of aromatic nitrogens is 3. The Kier molecular flexibility index (Phi) is 9.17. The van der Waals surface area contributed by atoms with Gasteiger partial charge in [0.2, 0.25) is 5.91 Å². The monoisotopic (exact) mass is 492 g/mol. The Balaban J connectivity index is 1.41. The number of hydrogen-bond donors (Lipinski definition) is 2. The molecule has 4 rings (SSSR count). The Morgan fingerprint density at radius 2 is 1.89 bits per heavy atom. The first-order chi connectivity index (χ1) is 17.1. The zero-order valence-electron chi connectivity index (χ0n) is 20.2. The van der Waals surface area contributed by atoms with Gasteiger partial charge in [-0.3, -0.25) is 9.78 Å². The van der Waals surface area contributed by atoms with Crippen LogP contribution in [0.4, 0.5) is 0 Å². The van der Waals surface area contributed by atoms with Gasteiger partial charge in [0, 0.05) is 38.8 Å². The number of nitrogens with one attached hydrogen (secondary N) is 2. The number of hydrogen-bond acceptors (Lipinski definition) is 6. The highest BCUT2D eigenvalue weighted by molar-refractivity contribution is 6.31. The lowest BCUT2D eigenvalue weighted by Gasteiger charge is -2.27. The molecule has 1 amide bonds. The lowest BCUT2D eigenvalue weighted by Crippen LogP contribution is -2.43. The predicted octanol–water partition coefficient (Wildman–Crippen LogP) is 3.98. The third kappa shape index (κ3) is 7.31. The van der Waals surface area contributed by atoms with Crippen molar-refractivity contribution in [1.82, 2.24) is 30.5 Å². The molecule has 2 N–H and O–H groups in total. The third-order valence-electron chi connectivity index (χ3n) is 6.27. The van der Waals surface area contributed by atoms with E-state index in [1.165, 1.54) is 0 Å². The summed E-state index contributed by atoms with van der Waals surface area (Å²) < 4.78 is 0. The van der Waals surface area contributed by atoms with Gasteiger partial charge in [-0.15, -0.1) is 0 Å². The Morgan fingerprint density at radius 3 is 2.63 bits per heavy atom. The summed E-state index contributed by atoms with van der Waals surface area (Å²) in [7, 11) is 0. The molecule has 1 aromatic carbocycles.